The van der Waals surface area contributed by atoms with Crippen molar-refractivity contribution in [3.8, 4) is 22.3 Å². The van der Waals surface area contributed by atoms with E-state index in [2.05, 4.69) is 179 Å². The van der Waals surface area contributed by atoms with Crippen LogP contribution in [0.3, 0.4) is 0 Å². The molecule has 0 amide bonds. The van der Waals surface area contributed by atoms with Gasteiger partial charge in [0.25, 0.3) is 0 Å². The molecule has 0 atom stereocenters. The smallest absolute Gasteiger partial charge is 0.0540 e. The van der Waals surface area contributed by atoms with E-state index < -0.39 is 0 Å². The molecule has 5 rings (SSSR count). The quantitative estimate of drug-likeness (QED) is 0.191. The Balaban J connectivity index is 1.78. The van der Waals surface area contributed by atoms with Crippen molar-refractivity contribution in [2.75, 3.05) is 4.90 Å². The Kier molecular flexibility index (Phi) is 7.37. The van der Waals surface area contributed by atoms with Crippen LogP contribution in [0.25, 0.3) is 22.3 Å². The number of hydrogen-bond acceptors (Lipinski definition) is 1. The van der Waals surface area contributed by atoms with Gasteiger partial charge in [-0.2, -0.15) is 0 Å². The van der Waals surface area contributed by atoms with Gasteiger partial charge in [-0.25, -0.2) is 0 Å². The van der Waals surface area contributed by atoms with Crippen LogP contribution in [0.4, 0.5) is 17.1 Å². The molecule has 0 bridgehead atoms. The first-order valence-electron chi connectivity index (χ1n) is 12.4. The lowest BCUT2D eigenvalue weighted by Gasteiger charge is -2.30. The highest BCUT2D eigenvalue weighted by atomic mass is 79.9. The van der Waals surface area contributed by atoms with Crippen molar-refractivity contribution in [3.63, 3.8) is 0 Å². The maximum Gasteiger partial charge on any atom is 0.0540 e. The minimum absolute atomic E-state index is 0.0172. The fourth-order valence-electron chi connectivity index (χ4n) is 4.54. The first-order valence-corrected chi connectivity index (χ1v) is 14.0. The minimum atomic E-state index is 0.0172. The Morgan fingerprint density at radius 2 is 1.14 bits per heavy atom. The summed E-state index contributed by atoms with van der Waals surface area (Å²) in [6, 6.07) is 43.3. The Labute approximate surface area is 237 Å². The lowest BCUT2D eigenvalue weighted by molar-refractivity contribution is 0.590. The minimum Gasteiger partial charge on any atom is -0.310 e. The first kappa shape index (κ1) is 25.5. The van der Waals surface area contributed by atoms with Crippen molar-refractivity contribution >= 4 is 48.9 Å². The van der Waals surface area contributed by atoms with E-state index in [4.69, 9.17) is 0 Å². The summed E-state index contributed by atoms with van der Waals surface area (Å²) in [7, 11) is 0. The van der Waals surface area contributed by atoms with Crippen molar-refractivity contribution in [2.45, 2.75) is 26.2 Å². The SMILES string of the molecule is CC(C)(C)c1cc(Br)cc(N(c2ccc(Br)cc2)c2ccc(-c3ccccc3)cc2-c2ccccc2)c1. The van der Waals surface area contributed by atoms with Crippen molar-refractivity contribution in [3.05, 3.63) is 136 Å². The lowest BCUT2D eigenvalue weighted by atomic mass is 9.86. The molecule has 0 N–H and O–H groups in total. The fraction of sp³-hybridized carbons (Fsp3) is 0.118. The van der Waals surface area contributed by atoms with E-state index in [0.717, 1.165) is 26.0 Å². The molecule has 5 aromatic rings. The second-order valence-electron chi connectivity index (χ2n) is 10.2. The van der Waals surface area contributed by atoms with Crippen molar-refractivity contribution in [1.29, 1.82) is 0 Å². The maximum absolute atomic E-state index is 3.80. The number of halogens is 2. The molecule has 1 nitrogen and oxygen atoms in total. The van der Waals surface area contributed by atoms with Crippen molar-refractivity contribution < 1.29 is 0 Å². The van der Waals surface area contributed by atoms with E-state index in [1.807, 2.05) is 0 Å². The highest BCUT2D eigenvalue weighted by Crippen LogP contribution is 2.44. The second kappa shape index (κ2) is 10.7. The number of benzene rings is 5. The zero-order valence-electron chi connectivity index (χ0n) is 21.3. The molecule has 0 aliphatic heterocycles. The van der Waals surface area contributed by atoms with E-state index in [-0.39, 0.29) is 5.41 Å². The van der Waals surface area contributed by atoms with Crippen LogP contribution in [-0.4, -0.2) is 0 Å². The normalized spacial score (nSPS) is 11.4. The summed E-state index contributed by atoms with van der Waals surface area (Å²) in [5, 5.41) is 0. The predicted octanol–water partition coefficient (Wildman–Crippen LogP) is 11.3. The molecule has 0 aliphatic rings. The molecule has 0 saturated heterocycles. The number of nitrogens with zero attached hydrogens (tertiary/aromatic N) is 1. The lowest BCUT2D eigenvalue weighted by Crippen LogP contribution is -2.15. The fourth-order valence-corrected chi connectivity index (χ4v) is 5.29. The summed E-state index contributed by atoms with van der Waals surface area (Å²) in [5.74, 6) is 0. The zero-order chi connectivity index (χ0) is 26.0. The summed E-state index contributed by atoms with van der Waals surface area (Å²) in [4.78, 5) is 2.36. The van der Waals surface area contributed by atoms with Gasteiger partial charge in [0.15, 0.2) is 0 Å². The van der Waals surface area contributed by atoms with Crippen LogP contribution in [0.5, 0.6) is 0 Å². The molecular weight excluding hydrogens is 582 g/mol. The van der Waals surface area contributed by atoms with Gasteiger partial charge in [-0.3, -0.25) is 0 Å². The second-order valence-corrected chi connectivity index (χ2v) is 12.1. The average Bonchev–Trinajstić information content (AvgIpc) is 2.90. The number of rotatable bonds is 5. The monoisotopic (exact) mass is 609 g/mol. The molecule has 0 aromatic heterocycles. The van der Waals surface area contributed by atoms with Gasteiger partial charge in [-0.15, -0.1) is 0 Å². The van der Waals surface area contributed by atoms with Crippen LogP contribution in [0, 0.1) is 0 Å². The van der Waals surface area contributed by atoms with Crippen LogP contribution in [0.15, 0.2) is 130 Å². The molecule has 0 unspecified atom stereocenters. The van der Waals surface area contributed by atoms with Crippen LogP contribution in [-0.2, 0) is 5.41 Å². The zero-order valence-corrected chi connectivity index (χ0v) is 24.4. The molecule has 0 spiro atoms. The van der Waals surface area contributed by atoms with Gasteiger partial charge in [0, 0.05) is 25.9 Å². The van der Waals surface area contributed by atoms with E-state index in [1.54, 1.807) is 0 Å². The Morgan fingerprint density at radius 1 is 0.514 bits per heavy atom. The largest absolute Gasteiger partial charge is 0.310 e. The predicted molar refractivity (Wildman–Crippen MR) is 166 cm³/mol. The molecule has 0 aliphatic carbocycles. The summed E-state index contributed by atoms with van der Waals surface area (Å²) in [6.45, 7) is 6.77. The highest BCUT2D eigenvalue weighted by molar-refractivity contribution is 9.10. The highest BCUT2D eigenvalue weighted by Gasteiger charge is 2.21. The first-order chi connectivity index (χ1) is 17.8. The van der Waals surface area contributed by atoms with Gasteiger partial charge < -0.3 is 4.90 Å². The molecule has 37 heavy (non-hydrogen) atoms. The van der Waals surface area contributed by atoms with Gasteiger partial charge in [-0.1, -0.05) is 119 Å². The molecule has 0 heterocycles. The Hall–Kier alpha value is -3.14. The standard InChI is InChI=1S/C34H29Br2N/c1-34(2,3)27-21-29(36)23-31(22-27)37(30-17-15-28(35)16-18-30)33-19-14-26(24-10-6-4-7-11-24)20-32(33)25-12-8-5-9-13-25/h4-23H,1-3H3. The molecule has 0 fully saturated rings. The van der Waals surface area contributed by atoms with Gasteiger partial charge in [0.05, 0.1) is 5.69 Å². The topological polar surface area (TPSA) is 3.24 Å². The van der Waals surface area contributed by atoms with E-state index >= 15 is 0 Å². The van der Waals surface area contributed by atoms with Crippen LogP contribution >= 0.6 is 31.9 Å². The Morgan fingerprint density at radius 3 is 1.76 bits per heavy atom. The molecule has 0 radical (unpaired) electrons. The van der Waals surface area contributed by atoms with Gasteiger partial charge in [-0.05, 0) is 82.3 Å². The summed E-state index contributed by atoms with van der Waals surface area (Å²) in [6.07, 6.45) is 0. The number of hydrogen-bond donors (Lipinski definition) is 0. The molecular formula is C34H29Br2N. The summed E-state index contributed by atoms with van der Waals surface area (Å²) >= 11 is 7.42. The van der Waals surface area contributed by atoms with Crippen LogP contribution < -0.4 is 4.90 Å². The van der Waals surface area contributed by atoms with Gasteiger partial charge in [0.1, 0.15) is 0 Å². The summed E-state index contributed by atoms with van der Waals surface area (Å²) < 4.78 is 2.13. The molecule has 5 aromatic carbocycles. The van der Waals surface area contributed by atoms with Gasteiger partial charge >= 0.3 is 0 Å². The average molecular weight is 611 g/mol. The summed E-state index contributed by atoms with van der Waals surface area (Å²) in [5.41, 5.74) is 9.42. The Bertz CT molecular complexity index is 1500. The van der Waals surface area contributed by atoms with E-state index in [9.17, 15) is 0 Å². The van der Waals surface area contributed by atoms with Crippen LogP contribution in [0.1, 0.15) is 26.3 Å². The third-order valence-electron chi connectivity index (χ3n) is 6.52. The van der Waals surface area contributed by atoms with Crippen LogP contribution in [0.2, 0.25) is 0 Å². The van der Waals surface area contributed by atoms with Crippen molar-refractivity contribution in [1.82, 2.24) is 0 Å². The van der Waals surface area contributed by atoms with Crippen molar-refractivity contribution in [2.24, 2.45) is 0 Å². The number of anilines is 3. The third-order valence-corrected chi connectivity index (χ3v) is 7.51. The molecule has 184 valence electrons. The van der Waals surface area contributed by atoms with E-state index in [1.165, 1.54) is 27.8 Å². The molecule has 0 saturated carbocycles. The third kappa shape index (κ3) is 5.74. The molecule has 3 heteroatoms. The maximum atomic E-state index is 3.80. The van der Waals surface area contributed by atoms with Gasteiger partial charge in [0.2, 0.25) is 0 Å². The van der Waals surface area contributed by atoms with E-state index in [0.29, 0.717) is 0 Å².